The second-order valence-corrected chi connectivity index (χ2v) is 9.80. The summed E-state index contributed by atoms with van der Waals surface area (Å²) >= 11 is 1.79. The highest BCUT2D eigenvalue weighted by molar-refractivity contribution is 7.89. The van der Waals surface area contributed by atoms with Crippen LogP contribution >= 0.6 is 11.3 Å². The number of aromatic nitrogens is 1. The van der Waals surface area contributed by atoms with Crippen molar-refractivity contribution >= 4 is 21.4 Å². The summed E-state index contributed by atoms with van der Waals surface area (Å²) in [5, 5.41) is 6.34. The quantitative estimate of drug-likeness (QED) is 0.911. The maximum atomic E-state index is 11.4. The van der Waals surface area contributed by atoms with Crippen molar-refractivity contribution in [3.8, 4) is 0 Å². The average Bonchev–Trinajstić information content (AvgIpc) is 2.84. The molecule has 0 bridgehead atoms. The summed E-state index contributed by atoms with van der Waals surface area (Å²) in [5.74, 6) is 1.25. The number of rotatable bonds is 4. The number of hydrogen-bond acceptors (Lipinski definition) is 4. The van der Waals surface area contributed by atoms with Gasteiger partial charge in [-0.25, -0.2) is 18.5 Å². The van der Waals surface area contributed by atoms with Gasteiger partial charge in [0, 0.05) is 17.0 Å². The highest BCUT2D eigenvalue weighted by Crippen LogP contribution is 2.70. The summed E-state index contributed by atoms with van der Waals surface area (Å²) in [6, 6.07) is 6.95. The monoisotopic (exact) mass is 350 g/mol. The van der Waals surface area contributed by atoms with Gasteiger partial charge in [-0.2, -0.15) is 0 Å². The SMILES string of the molecule is CC(C)c1cnc(C2[C@H](c3ccc(S(N)(=O)=O)cc3)C2(C)C)s1. The molecule has 0 spiro atoms. The van der Waals surface area contributed by atoms with Gasteiger partial charge in [0.05, 0.1) is 9.90 Å². The van der Waals surface area contributed by atoms with Gasteiger partial charge in [0.15, 0.2) is 0 Å². The zero-order valence-corrected chi connectivity index (χ0v) is 15.4. The Kier molecular flexibility index (Phi) is 3.90. The first-order valence-corrected chi connectivity index (χ1v) is 10.1. The van der Waals surface area contributed by atoms with Gasteiger partial charge in [-0.1, -0.05) is 39.8 Å². The number of nitrogens with two attached hydrogens (primary N) is 1. The van der Waals surface area contributed by atoms with E-state index in [0.717, 1.165) is 5.56 Å². The van der Waals surface area contributed by atoms with Gasteiger partial charge in [-0.15, -0.1) is 11.3 Å². The smallest absolute Gasteiger partial charge is 0.238 e. The lowest BCUT2D eigenvalue weighted by Gasteiger charge is -2.04. The van der Waals surface area contributed by atoms with Crippen LogP contribution in [0.2, 0.25) is 0 Å². The number of sulfonamides is 1. The Morgan fingerprint density at radius 2 is 1.78 bits per heavy atom. The molecular formula is C17H22N2O2S2. The largest absolute Gasteiger partial charge is 0.249 e. The zero-order valence-electron chi connectivity index (χ0n) is 13.8. The van der Waals surface area contributed by atoms with Crippen LogP contribution in [0.15, 0.2) is 35.4 Å². The number of thiazole rings is 1. The van der Waals surface area contributed by atoms with Gasteiger partial charge < -0.3 is 0 Å². The maximum absolute atomic E-state index is 11.4. The molecule has 0 amide bonds. The Hall–Kier alpha value is -1.24. The van der Waals surface area contributed by atoms with Crippen LogP contribution in [0.25, 0.3) is 0 Å². The van der Waals surface area contributed by atoms with Crippen LogP contribution in [0.4, 0.5) is 0 Å². The Bertz CT molecular complexity index is 821. The first-order valence-electron chi connectivity index (χ1n) is 7.70. The Balaban J connectivity index is 1.88. The van der Waals surface area contributed by atoms with Crippen molar-refractivity contribution in [3.05, 3.63) is 45.9 Å². The van der Waals surface area contributed by atoms with E-state index in [4.69, 9.17) is 5.14 Å². The molecule has 23 heavy (non-hydrogen) atoms. The minimum atomic E-state index is -3.64. The molecule has 0 radical (unpaired) electrons. The fraction of sp³-hybridized carbons (Fsp3) is 0.471. The van der Waals surface area contributed by atoms with Crippen molar-refractivity contribution in [2.24, 2.45) is 10.6 Å². The average molecular weight is 351 g/mol. The van der Waals surface area contributed by atoms with Gasteiger partial charge >= 0.3 is 0 Å². The first-order chi connectivity index (χ1) is 10.6. The summed E-state index contributed by atoms with van der Waals surface area (Å²) in [4.78, 5) is 6.10. The minimum absolute atomic E-state index is 0.134. The number of primary sulfonamides is 1. The number of hydrogen-bond donors (Lipinski definition) is 1. The molecule has 1 unspecified atom stereocenters. The van der Waals surface area contributed by atoms with Crippen molar-refractivity contribution in [2.45, 2.75) is 50.3 Å². The van der Waals surface area contributed by atoms with Crippen LogP contribution in [-0.2, 0) is 10.0 Å². The first kappa shape index (κ1) is 16.6. The van der Waals surface area contributed by atoms with Crippen molar-refractivity contribution in [1.29, 1.82) is 0 Å². The van der Waals surface area contributed by atoms with E-state index >= 15 is 0 Å². The van der Waals surface area contributed by atoms with E-state index in [1.165, 1.54) is 9.88 Å². The van der Waals surface area contributed by atoms with Gasteiger partial charge in [-0.3, -0.25) is 0 Å². The summed E-state index contributed by atoms with van der Waals surface area (Å²) in [6.07, 6.45) is 1.99. The molecular weight excluding hydrogens is 328 g/mol. The van der Waals surface area contributed by atoms with Crippen molar-refractivity contribution in [2.75, 3.05) is 0 Å². The Morgan fingerprint density at radius 1 is 1.17 bits per heavy atom. The zero-order chi connectivity index (χ0) is 17.0. The molecule has 2 aromatic rings. The van der Waals surface area contributed by atoms with E-state index in [1.807, 2.05) is 18.3 Å². The minimum Gasteiger partial charge on any atom is -0.249 e. The summed E-state index contributed by atoms with van der Waals surface area (Å²) in [5.41, 5.74) is 1.28. The molecule has 1 heterocycles. The van der Waals surface area contributed by atoms with Gasteiger partial charge in [0.1, 0.15) is 0 Å². The molecule has 3 rings (SSSR count). The highest BCUT2D eigenvalue weighted by Gasteiger charge is 2.60. The molecule has 6 heteroatoms. The number of nitrogens with zero attached hydrogens (tertiary/aromatic N) is 1. The molecule has 2 atom stereocenters. The summed E-state index contributed by atoms with van der Waals surface area (Å²) < 4.78 is 22.8. The van der Waals surface area contributed by atoms with E-state index in [9.17, 15) is 8.42 Å². The number of benzene rings is 1. The molecule has 4 nitrogen and oxygen atoms in total. The lowest BCUT2D eigenvalue weighted by Crippen LogP contribution is -2.11. The van der Waals surface area contributed by atoms with E-state index in [-0.39, 0.29) is 10.3 Å². The molecule has 1 saturated carbocycles. The molecule has 1 aliphatic rings. The molecule has 0 aliphatic heterocycles. The lowest BCUT2D eigenvalue weighted by atomic mass is 10.0. The molecule has 0 saturated heterocycles. The predicted octanol–water partition coefficient (Wildman–Crippen LogP) is 3.82. The van der Waals surface area contributed by atoms with E-state index in [1.54, 1.807) is 23.5 Å². The second-order valence-electron chi connectivity index (χ2n) is 7.15. The molecule has 124 valence electrons. The second kappa shape index (κ2) is 5.40. The fourth-order valence-corrected chi connectivity index (χ4v) is 5.07. The third-order valence-corrected chi connectivity index (χ3v) is 7.08. The van der Waals surface area contributed by atoms with Gasteiger partial charge in [0.2, 0.25) is 10.0 Å². The van der Waals surface area contributed by atoms with Crippen molar-refractivity contribution in [1.82, 2.24) is 4.98 Å². The van der Waals surface area contributed by atoms with Crippen molar-refractivity contribution < 1.29 is 8.42 Å². The fourth-order valence-electron chi connectivity index (χ4n) is 3.30. The maximum Gasteiger partial charge on any atom is 0.238 e. The van der Waals surface area contributed by atoms with Gasteiger partial charge in [-0.05, 0) is 34.9 Å². The summed E-state index contributed by atoms with van der Waals surface area (Å²) in [6.45, 7) is 8.84. The van der Waals surface area contributed by atoms with Crippen LogP contribution in [0, 0.1) is 5.41 Å². The third kappa shape index (κ3) is 2.95. The lowest BCUT2D eigenvalue weighted by molar-refractivity contribution is 0.597. The molecule has 1 aliphatic carbocycles. The van der Waals surface area contributed by atoms with Gasteiger partial charge in [0.25, 0.3) is 0 Å². The third-order valence-electron chi connectivity index (χ3n) is 4.77. The van der Waals surface area contributed by atoms with E-state index in [2.05, 4.69) is 32.7 Å². The highest BCUT2D eigenvalue weighted by atomic mass is 32.2. The topological polar surface area (TPSA) is 73.0 Å². The predicted molar refractivity (Wildman–Crippen MR) is 93.3 cm³/mol. The van der Waals surface area contributed by atoms with E-state index < -0.39 is 10.0 Å². The van der Waals surface area contributed by atoms with Crippen LogP contribution in [0.5, 0.6) is 0 Å². The summed E-state index contributed by atoms with van der Waals surface area (Å²) in [7, 11) is -3.64. The molecule has 1 fully saturated rings. The van der Waals surface area contributed by atoms with Crippen molar-refractivity contribution in [3.63, 3.8) is 0 Å². The van der Waals surface area contributed by atoms with E-state index in [0.29, 0.717) is 17.8 Å². The Morgan fingerprint density at radius 3 is 2.26 bits per heavy atom. The van der Waals surface area contributed by atoms with Crippen LogP contribution in [0.3, 0.4) is 0 Å². The standard InChI is InChI=1S/C17H22N2O2S2/c1-10(2)13-9-19-16(22-13)15-14(17(15,3)4)11-5-7-12(8-6-11)23(18,20)21/h5-10,14-15H,1-4H3,(H2,18,20,21)/t14-,15?/m0/s1. The molecule has 1 aromatic heterocycles. The Labute approximate surface area is 141 Å². The van der Waals surface area contributed by atoms with Crippen LogP contribution < -0.4 is 5.14 Å². The van der Waals surface area contributed by atoms with Crippen LogP contribution in [0.1, 0.15) is 60.9 Å². The van der Waals surface area contributed by atoms with Crippen LogP contribution in [-0.4, -0.2) is 13.4 Å². The molecule has 2 N–H and O–H groups in total. The molecule has 1 aromatic carbocycles. The normalized spacial score (nSPS) is 23.2.